The first-order chi connectivity index (χ1) is 23.9. The second-order valence-corrected chi connectivity index (χ2v) is 37.3. The maximum Gasteiger partial charge on any atom is 0.0774 e. The van der Waals surface area contributed by atoms with Crippen LogP contribution >= 0.6 is 15.8 Å². The molecule has 10 fully saturated rings. The second kappa shape index (κ2) is 13.5. The van der Waals surface area contributed by atoms with E-state index in [4.69, 9.17) is 0 Å². The molecule has 11 rings (SSSR count). The number of nitrogens with one attached hydrogen (secondary N) is 4. The molecule has 8 saturated carbocycles. The molecule has 0 spiro atoms. The third-order valence-electron chi connectivity index (χ3n) is 15.6. The van der Waals surface area contributed by atoms with Crippen molar-refractivity contribution in [2.75, 3.05) is 39.3 Å². The molecular weight excluding hydrogens is 679 g/mol. The van der Waals surface area contributed by atoms with Crippen LogP contribution in [0.5, 0.6) is 0 Å². The van der Waals surface area contributed by atoms with Crippen molar-refractivity contribution in [1.82, 2.24) is 21.3 Å². The Bertz CT molecular complexity index is 1270. The fourth-order valence-electron chi connectivity index (χ4n) is 14.4. The van der Waals surface area contributed by atoms with Gasteiger partial charge in [0, 0.05) is 50.8 Å². The molecule has 2 atom stereocenters. The fraction of sp³-hybridized carbons (Fsp3) is 0.857. The Morgan fingerprint density at radius 2 is 0.900 bits per heavy atom. The number of benzene rings is 1. The highest BCUT2D eigenvalue weighted by atomic mass is 31.1. The van der Waals surface area contributed by atoms with Gasteiger partial charge in [-0.25, -0.2) is 0 Å². The first kappa shape index (κ1) is 36.0. The maximum absolute atomic E-state index is 4.07. The SMILES string of the molecule is C[Si](C)(C)c1cc(CP(C2CNCCN2)C2CNCCN2)c(CP(C23CC4CC(CC(C4)C2)C3)C23CC4CC(CC(C4)C2)C3)cc1[Si](C)(C)C. The summed E-state index contributed by atoms with van der Waals surface area (Å²) in [5.74, 6) is 7.59. The molecule has 2 heterocycles. The van der Waals surface area contributed by atoms with Crippen LogP contribution in [0.2, 0.25) is 39.3 Å². The Balaban J connectivity index is 1.17. The average molecular weight is 751 g/mol. The summed E-state index contributed by atoms with van der Waals surface area (Å²) in [6.45, 7) is 22.7. The molecule has 8 aliphatic carbocycles. The number of hydrogen-bond acceptors (Lipinski definition) is 4. The summed E-state index contributed by atoms with van der Waals surface area (Å²) in [4.78, 5) is 0. The van der Waals surface area contributed by atoms with Crippen LogP contribution in [0.4, 0.5) is 0 Å². The zero-order valence-corrected chi connectivity index (χ0v) is 36.6. The normalized spacial score (nSPS) is 42.2. The Morgan fingerprint density at radius 1 is 0.540 bits per heavy atom. The number of hydrogen-bond donors (Lipinski definition) is 4. The van der Waals surface area contributed by atoms with Gasteiger partial charge in [-0.3, -0.25) is 0 Å². The summed E-state index contributed by atoms with van der Waals surface area (Å²) in [7, 11) is -3.40. The van der Waals surface area contributed by atoms with Crippen molar-refractivity contribution in [3.8, 4) is 0 Å². The smallest absolute Gasteiger partial charge is 0.0774 e. The van der Waals surface area contributed by atoms with Crippen molar-refractivity contribution in [2.45, 2.75) is 151 Å². The number of piperazine rings is 2. The van der Waals surface area contributed by atoms with Crippen molar-refractivity contribution in [2.24, 2.45) is 35.5 Å². The van der Waals surface area contributed by atoms with E-state index in [1.54, 1.807) is 77.0 Å². The van der Waals surface area contributed by atoms with Gasteiger partial charge < -0.3 is 21.3 Å². The summed E-state index contributed by atoms with van der Waals surface area (Å²) < 4.78 is 0. The summed E-state index contributed by atoms with van der Waals surface area (Å²) in [6, 6.07) is 5.89. The van der Waals surface area contributed by atoms with Crippen molar-refractivity contribution in [1.29, 1.82) is 0 Å². The number of rotatable bonds is 10. The van der Waals surface area contributed by atoms with Gasteiger partial charge in [-0.1, -0.05) is 77.6 Å². The minimum atomic E-state index is -1.54. The molecule has 10 aliphatic rings. The Morgan fingerprint density at radius 3 is 1.22 bits per heavy atom. The average Bonchev–Trinajstić information content (AvgIpc) is 3.04. The third kappa shape index (κ3) is 6.79. The molecule has 4 nitrogen and oxygen atoms in total. The van der Waals surface area contributed by atoms with Gasteiger partial charge >= 0.3 is 0 Å². The quantitative estimate of drug-likeness (QED) is 0.146. The molecule has 2 unspecified atom stereocenters. The highest BCUT2D eigenvalue weighted by Crippen LogP contribution is 2.79. The van der Waals surface area contributed by atoms with Crippen LogP contribution in [0.15, 0.2) is 12.1 Å². The van der Waals surface area contributed by atoms with Crippen molar-refractivity contribution < 1.29 is 0 Å². The van der Waals surface area contributed by atoms with Gasteiger partial charge in [-0.15, -0.1) is 0 Å². The molecule has 8 bridgehead atoms. The van der Waals surface area contributed by atoms with E-state index in [2.05, 4.69) is 72.7 Å². The standard InChI is InChI=1S/C42H72N4P2Si2/c1-49(2,3)37-17-35(27-47(39-25-43-7-9-45-39)40-26-44-8-10-46-40)36(18-38(37)50(4,5)6)28-48(41-19-29-11-30(20-41)13-31(12-29)21-41)42-22-32-14-33(23-42)16-34(15-32)24-42/h17-18,29-34,39-40,43-46H,7-16,19-28H2,1-6H3. The zero-order chi connectivity index (χ0) is 34.5. The lowest BCUT2D eigenvalue weighted by Gasteiger charge is -2.67. The van der Waals surface area contributed by atoms with Crippen LogP contribution in [0.25, 0.3) is 0 Å². The van der Waals surface area contributed by atoms with E-state index in [1.807, 2.05) is 21.5 Å². The topological polar surface area (TPSA) is 48.1 Å². The molecule has 2 saturated heterocycles. The molecule has 0 amide bonds. The second-order valence-electron chi connectivity index (χ2n) is 21.6. The van der Waals surface area contributed by atoms with Crippen LogP contribution in [0.1, 0.15) is 88.2 Å². The van der Waals surface area contributed by atoms with Crippen LogP contribution < -0.4 is 31.6 Å². The molecule has 50 heavy (non-hydrogen) atoms. The lowest BCUT2D eigenvalue weighted by molar-refractivity contribution is 0.0184. The molecule has 278 valence electrons. The Hall–Kier alpha value is 0.354. The van der Waals surface area contributed by atoms with E-state index in [0.29, 0.717) is 21.9 Å². The van der Waals surface area contributed by atoms with E-state index in [0.717, 1.165) is 74.8 Å². The first-order valence-electron chi connectivity index (χ1n) is 21.4. The Labute approximate surface area is 310 Å². The summed E-state index contributed by atoms with van der Waals surface area (Å²) in [5, 5.41) is 20.8. The first-order valence-corrected chi connectivity index (χ1v) is 31.6. The summed E-state index contributed by atoms with van der Waals surface area (Å²) in [5.41, 5.74) is 3.69. The maximum atomic E-state index is 4.07. The van der Waals surface area contributed by atoms with E-state index in [9.17, 15) is 0 Å². The molecule has 0 aromatic heterocycles. The van der Waals surface area contributed by atoms with Gasteiger partial charge in [0.05, 0.1) is 16.1 Å². The van der Waals surface area contributed by atoms with Crippen molar-refractivity contribution >= 4 is 42.4 Å². The molecule has 0 radical (unpaired) electrons. The third-order valence-corrected chi connectivity index (χ3v) is 27.0. The minimum absolute atomic E-state index is 0.0633. The Kier molecular flexibility index (Phi) is 9.75. The largest absolute Gasteiger partial charge is 0.314 e. The van der Waals surface area contributed by atoms with Crippen LogP contribution in [-0.4, -0.2) is 77.3 Å². The summed E-state index contributed by atoms with van der Waals surface area (Å²) >= 11 is 0. The zero-order valence-electron chi connectivity index (χ0n) is 32.8. The van der Waals surface area contributed by atoms with Gasteiger partial charge in [0.15, 0.2) is 0 Å². The van der Waals surface area contributed by atoms with E-state index < -0.39 is 16.1 Å². The van der Waals surface area contributed by atoms with Crippen LogP contribution in [0.3, 0.4) is 0 Å². The fourth-order valence-corrected chi connectivity index (χ4v) is 27.8. The van der Waals surface area contributed by atoms with Crippen LogP contribution in [-0.2, 0) is 12.3 Å². The molecule has 8 heteroatoms. The van der Waals surface area contributed by atoms with E-state index in [-0.39, 0.29) is 15.8 Å². The van der Waals surface area contributed by atoms with Crippen molar-refractivity contribution in [3.63, 3.8) is 0 Å². The monoisotopic (exact) mass is 750 g/mol. The van der Waals surface area contributed by atoms with Gasteiger partial charge in [0.2, 0.25) is 0 Å². The molecule has 2 aliphatic heterocycles. The van der Waals surface area contributed by atoms with E-state index >= 15 is 0 Å². The molecule has 1 aromatic carbocycles. The van der Waals surface area contributed by atoms with Gasteiger partial charge in [0.1, 0.15) is 0 Å². The minimum Gasteiger partial charge on any atom is -0.314 e. The predicted octanol–water partition coefficient (Wildman–Crippen LogP) is 7.72. The lowest BCUT2D eigenvalue weighted by Crippen LogP contribution is -2.57. The van der Waals surface area contributed by atoms with Gasteiger partial charge in [-0.2, -0.15) is 0 Å². The van der Waals surface area contributed by atoms with Gasteiger partial charge in [0.25, 0.3) is 0 Å². The lowest BCUT2D eigenvalue weighted by atomic mass is 9.55. The predicted molar refractivity (Wildman–Crippen MR) is 225 cm³/mol. The van der Waals surface area contributed by atoms with Gasteiger partial charge in [-0.05, 0) is 146 Å². The molecule has 4 N–H and O–H groups in total. The van der Waals surface area contributed by atoms with Crippen LogP contribution in [0, 0.1) is 35.5 Å². The highest BCUT2D eigenvalue weighted by molar-refractivity contribution is 7.60. The highest BCUT2D eigenvalue weighted by Gasteiger charge is 2.62. The summed E-state index contributed by atoms with van der Waals surface area (Å²) in [6.07, 6.45) is 22.1. The molecule has 1 aromatic rings. The van der Waals surface area contributed by atoms with Crippen molar-refractivity contribution in [3.05, 3.63) is 23.3 Å². The van der Waals surface area contributed by atoms with E-state index in [1.165, 1.54) is 12.3 Å². The molecular formula is C42H72N4P2Si2.